The number of carbonyl (C=O) groups excluding carboxylic acids is 1. The number of nitrogens with zero attached hydrogens (tertiary/aromatic N) is 3. The molecule has 0 saturated carbocycles. The van der Waals surface area contributed by atoms with Crippen molar-refractivity contribution in [2.45, 2.75) is 13.0 Å². The Bertz CT molecular complexity index is 545. The largest absolute Gasteiger partial charge is 0.390 e. The fourth-order valence-corrected chi connectivity index (χ4v) is 2.98. The summed E-state index contributed by atoms with van der Waals surface area (Å²) in [6, 6.07) is 4.58. The van der Waals surface area contributed by atoms with E-state index in [4.69, 9.17) is 0 Å². The number of halogens is 1. The predicted molar refractivity (Wildman–Crippen MR) is 89.6 cm³/mol. The van der Waals surface area contributed by atoms with E-state index in [1.54, 1.807) is 24.1 Å². The third kappa shape index (κ3) is 4.73. The van der Waals surface area contributed by atoms with Crippen molar-refractivity contribution >= 4 is 11.5 Å². The van der Waals surface area contributed by atoms with E-state index in [0.717, 1.165) is 26.2 Å². The van der Waals surface area contributed by atoms with Gasteiger partial charge in [-0.3, -0.25) is 9.69 Å². The molecule has 0 aromatic heterocycles. The molecule has 1 aromatic carbocycles. The summed E-state index contributed by atoms with van der Waals surface area (Å²) in [7, 11) is 3.86. The summed E-state index contributed by atoms with van der Waals surface area (Å²) in [6.45, 7) is 6.18. The van der Waals surface area contributed by atoms with Gasteiger partial charge in [0.15, 0.2) is 5.78 Å². The lowest BCUT2D eigenvalue weighted by Crippen LogP contribution is -2.48. The standard InChI is InChI=1S/C17H26FN3O2/c1-13(22)17-15(18)5-4-6-16(17)20(3)11-14(23)12-21-9-7-19(2)8-10-21/h4-6,14,23H,7-12H2,1-3H3/t14-/m0/s1. The van der Waals surface area contributed by atoms with E-state index >= 15 is 0 Å². The van der Waals surface area contributed by atoms with Crippen LogP contribution in [-0.2, 0) is 0 Å². The number of Topliss-reactive ketones (excluding diaryl/α,β-unsaturated/α-hetero) is 1. The highest BCUT2D eigenvalue weighted by Gasteiger charge is 2.20. The van der Waals surface area contributed by atoms with Crippen LogP contribution in [0.3, 0.4) is 0 Å². The maximum absolute atomic E-state index is 13.9. The number of hydrogen-bond acceptors (Lipinski definition) is 5. The predicted octanol–water partition coefficient (Wildman–Crippen LogP) is 1.07. The molecule has 6 heteroatoms. The summed E-state index contributed by atoms with van der Waals surface area (Å²) >= 11 is 0. The van der Waals surface area contributed by atoms with Gasteiger partial charge >= 0.3 is 0 Å². The number of piperazine rings is 1. The monoisotopic (exact) mass is 323 g/mol. The van der Waals surface area contributed by atoms with Crippen molar-refractivity contribution in [2.75, 3.05) is 58.3 Å². The molecule has 23 heavy (non-hydrogen) atoms. The molecule has 1 aliphatic rings. The first-order valence-electron chi connectivity index (χ1n) is 7.98. The van der Waals surface area contributed by atoms with Gasteiger partial charge in [0.2, 0.25) is 0 Å². The minimum absolute atomic E-state index is 0.0850. The number of likely N-dealkylation sites (N-methyl/N-ethyl adjacent to an activating group) is 2. The minimum atomic E-state index is -0.550. The van der Waals surface area contributed by atoms with Gasteiger partial charge in [-0.1, -0.05) is 6.07 Å². The first kappa shape index (κ1) is 17.8. The van der Waals surface area contributed by atoms with Crippen LogP contribution in [0.5, 0.6) is 0 Å². The highest BCUT2D eigenvalue weighted by atomic mass is 19.1. The van der Waals surface area contributed by atoms with Gasteiger partial charge in [0, 0.05) is 46.3 Å². The molecule has 0 radical (unpaired) electrons. The van der Waals surface area contributed by atoms with Crippen LogP contribution < -0.4 is 4.90 Å². The fourth-order valence-electron chi connectivity index (χ4n) is 2.98. The minimum Gasteiger partial charge on any atom is -0.390 e. The molecule has 2 rings (SSSR count). The van der Waals surface area contributed by atoms with E-state index in [2.05, 4.69) is 16.8 Å². The number of β-amino-alcohol motifs (C(OH)–C–C–N with tert-alkyl or cyclic N) is 1. The van der Waals surface area contributed by atoms with E-state index < -0.39 is 11.9 Å². The number of anilines is 1. The normalized spacial score (nSPS) is 18.0. The van der Waals surface area contributed by atoms with Crippen LogP contribution in [-0.4, -0.2) is 80.2 Å². The summed E-state index contributed by atoms with van der Waals surface area (Å²) in [5.41, 5.74) is 0.608. The molecule has 0 bridgehead atoms. The second kappa shape index (κ2) is 7.86. The third-order valence-corrected chi connectivity index (χ3v) is 4.30. The van der Waals surface area contributed by atoms with Crippen molar-refractivity contribution in [3.05, 3.63) is 29.6 Å². The molecule has 1 heterocycles. The van der Waals surface area contributed by atoms with Gasteiger partial charge in [0.1, 0.15) is 5.82 Å². The number of benzene rings is 1. The van der Waals surface area contributed by atoms with E-state index in [9.17, 15) is 14.3 Å². The van der Waals surface area contributed by atoms with Crippen LogP contribution in [0, 0.1) is 5.82 Å². The fraction of sp³-hybridized carbons (Fsp3) is 0.588. The van der Waals surface area contributed by atoms with E-state index in [1.807, 2.05) is 0 Å². The van der Waals surface area contributed by atoms with Crippen LogP contribution in [0.2, 0.25) is 0 Å². The van der Waals surface area contributed by atoms with Crippen LogP contribution in [0.25, 0.3) is 0 Å². The van der Waals surface area contributed by atoms with Crippen molar-refractivity contribution in [2.24, 2.45) is 0 Å². The average molecular weight is 323 g/mol. The summed E-state index contributed by atoms with van der Waals surface area (Å²) in [5.74, 6) is -0.825. The van der Waals surface area contributed by atoms with Crippen LogP contribution >= 0.6 is 0 Å². The molecule has 1 saturated heterocycles. The average Bonchev–Trinajstić information content (AvgIpc) is 2.48. The van der Waals surface area contributed by atoms with Gasteiger partial charge in [-0.2, -0.15) is 0 Å². The van der Waals surface area contributed by atoms with E-state index in [1.165, 1.54) is 13.0 Å². The first-order chi connectivity index (χ1) is 10.9. The van der Waals surface area contributed by atoms with Crippen molar-refractivity contribution in [3.63, 3.8) is 0 Å². The van der Waals surface area contributed by atoms with E-state index in [0.29, 0.717) is 18.8 Å². The van der Waals surface area contributed by atoms with Crippen molar-refractivity contribution in [1.29, 1.82) is 0 Å². The van der Waals surface area contributed by atoms with Gasteiger partial charge in [0.25, 0.3) is 0 Å². The second-order valence-corrected chi connectivity index (χ2v) is 6.33. The molecule has 1 aromatic rings. The molecule has 1 aliphatic heterocycles. The number of aliphatic hydroxyl groups is 1. The number of rotatable bonds is 6. The topological polar surface area (TPSA) is 47.0 Å². The highest BCUT2D eigenvalue weighted by Crippen LogP contribution is 2.23. The van der Waals surface area contributed by atoms with Crippen LogP contribution in [0.1, 0.15) is 17.3 Å². The Morgan fingerprint density at radius 1 is 1.35 bits per heavy atom. The molecule has 0 aliphatic carbocycles. The zero-order valence-corrected chi connectivity index (χ0v) is 14.1. The molecule has 5 nitrogen and oxygen atoms in total. The number of hydrogen-bond donors (Lipinski definition) is 1. The van der Waals surface area contributed by atoms with E-state index in [-0.39, 0.29) is 11.3 Å². The maximum atomic E-state index is 13.9. The van der Waals surface area contributed by atoms with Crippen LogP contribution in [0.15, 0.2) is 18.2 Å². The van der Waals surface area contributed by atoms with Gasteiger partial charge in [0.05, 0.1) is 17.4 Å². The first-order valence-corrected chi connectivity index (χ1v) is 7.98. The van der Waals surface area contributed by atoms with Crippen molar-refractivity contribution in [3.8, 4) is 0 Å². The van der Waals surface area contributed by atoms with Gasteiger partial charge in [-0.05, 0) is 26.1 Å². The number of ketones is 1. The molecular weight excluding hydrogens is 297 g/mol. The SMILES string of the molecule is CC(=O)c1c(F)cccc1N(C)C[C@H](O)CN1CCN(C)CC1. The lowest BCUT2D eigenvalue weighted by molar-refractivity contribution is 0.0842. The molecule has 1 N–H and O–H groups in total. The molecule has 128 valence electrons. The maximum Gasteiger partial charge on any atom is 0.164 e. The smallest absolute Gasteiger partial charge is 0.164 e. The lowest BCUT2D eigenvalue weighted by Gasteiger charge is -2.34. The molecule has 0 unspecified atom stereocenters. The molecule has 1 fully saturated rings. The lowest BCUT2D eigenvalue weighted by atomic mass is 10.1. The van der Waals surface area contributed by atoms with Gasteiger partial charge in [-0.15, -0.1) is 0 Å². The quantitative estimate of drug-likeness (QED) is 0.794. The Morgan fingerprint density at radius 2 is 2.00 bits per heavy atom. The Hall–Kier alpha value is -1.50. The third-order valence-electron chi connectivity index (χ3n) is 4.30. The Kier molecular flexibility index (Phi) is 6.10. The summed E-state index contributed by atoms with van der Waals surface area (Å²) < 4.78 is 13.9. The molecule has 0 amide bonds. The van der Waals surface area contributed by atoms with Gasteiger partial charge in [-0.25, -0.2) is 4.39 Å². The van der Waals surface area contributed by atoms with Crippen molar-refractivity contribution in [1.82, 2.24) is 9.80 Å². The summed E-state index contributed by atoms with van der Waals surface area (Å²) in [4.78, 5) is 17.9. The highest BCUT2D eigenvalue weighted by molar-refractivity contribution is 6.00. The molecule has 1 atom stereocenters. The van der Waals surface area contributed by atoms with Gasteiger partial charge < -0.3 is 14.9 Å². The summed E-state index contributed by atoms with van der Waals surface area (Å²) in [6.07, 6.45) is -0.550. The Morgan fingerprint density at radius 3 is 2.61 bits per heavy atom. The second-order valence-electron chi connectivity index (χ2n) is 6.33. The zero-order valence-electron chi connectivity index (χ0n) is 14.1. The molecular formula is C17H26FN3O2. The number of aliphatic hydroxyl groups excluding tert-OH is 1. The van der Waals surface area contributed by atoms with Crippen molar-refractivity contribution < 1.29 is 14.3 Å². The van der Waals surface area contributed by atoms with Crippen LogP contribution in [0.4, 0.5) is 10.1 Å². The number of carbonyl (C=O) groups is 1. The zero-order chi connectivity index (χ0) is 17.0. The Balaban J connectivity index is 1.97. The Labute approximate surface area is 137 Å². The molecule has 0 spiro atoms. The summed E-state index contributed by atoms with van der Waals surface area (Å²) in [5, 5.41) is 10.3.